The van der Waals surface area contributed by atoms with Crippen molar-refractivity contribution in [2.24, 2.45) is 5.92 Å². The zero-order chi connectivity index (χ0) is 20.5. The Morgan fingerprint density at radius 1 is 1.14 bits per heavy atom. The average molecular weight is 464 g/mol. The van der Waals surface area contributed by atoms with Crippen molar-refractivity contribution in [1.82, 2.24) is 9.80 Å². The van der Waals surface area contributed by atoms with Crippen LogP contribution < -0.4 is 4.90 Å². The lowest BCUT2D eigenvalue weighted by atomic mass is 10.1. The van der Waals surface area contributed by atoms with Gasteiger partial charge in [0.05, 0.1) is 17.9 Å². The molecule has 3 heterocycles. The van der Waals surface area contributed by atoms with E-state index >= 15 is 0 Å². The first-order chi connectivity index (χ1) is 13.9. The molecular weight excluding hydrogens is 434 g/mol. The van der Waals surface area contributed by atoms with Crippen LogP contribution in [-0.4, -0.2) is 72.6 Å². The Labute approximate surface area is 181 Å². The van der Waals surface area contributed by atoms with Crippen LogP contribution in [0, 0.1) is 5.92 Å². The highest BCUT2D eigenvalue weighted by molar-refractivity contribution is 9.10. The first-order valence-corrected chi connectivity index (χ1v) is 11.5. The maximum Gasteiger partial charge on any atom is 0.239 e. The molecule has 4 rings (SSSR count). The van der Waals surface area contributed by atoms with E-state index in [0.717, 1.165) is 49.2 Å². The van der Waals surface area contributed by atoms with Crippen molar-refractivity contribution in [3.63, 3.8) is 0 Å². The predicted octanol–water partition coefficient (Wildman–Crippen LogP) is 2.90. The molecule has 0 bridgehead atoms. The fraction of sp³-hybridized carbons (Fsp3) is 0.636. The maximum atomic E-state index is 13.3. The number of ether oxygens (including phenoxy) is 1. The number of rotatable bonds is 4. The number of nitrogens with zero attached hydrogens (tertiary/aromatic N) is 3. The molecule has 158 valence electrons. The smallest absolute Gasteiger partial charge is 0.239 e. The fourth-order valence-corrected chi connectivity index (χ4v) is 5.57. The molecule has 4 unspecified atom stereocenters. The van der Waals surface area contributed by atoms with E-state index in [1.165, 1.54) is 0 Å². The van der Waals surface area contributed by atoms with Gasteiger partial charge in [0.15, 0.2) is 0 Å². The number of carbonyl (C=O) groups excluding carboxylic acids is 2. The quantitative estimate of drug-likeness (QED) is 0.644. The molecule has 0 spiro atoms. The van der Waals surface area contributed by atoms with Crippen molar-refractivity contribution in [3.05, 3.63) is 28.7 Å². The highest BCUT2D eigenvalue weighted by Crippen LogP contribution is 2.33. The third kappa shape index (κ3) is 4.37. The highest BCUT2D eigenvalue weighted by Gasteiger charge is 2.43. The summed E-state index contributed by atoms with van der Waals surface area (Å²) in [4.78, 5) is 32.5. The molecular formula is C22H30BrN3O3. The summed E-state index contributed by atoms with van der Waals surface area (Å²) in [7, 11) is 0. The molecule has 0 saturated carbocycles. The molecule has 0 radical (unpaired) electrons. The highest BCUT2D eigenvalue weighted by atomic mass is 79.9. The van der Waals surface area contributed by atoms with Crippen molar-refractivity contribution in [2.75, 3.05) is 37.6 Å². The Morgan fingerprint density at radius 3 is 2.59 bits per heavy atom. The number of morpholine rings is 1. The van der Waals surface area contributed by atoms with E-state index < -0.39 is 5.92 Å². The minimum atomic E-state index is -0.551. The molecule has 0 aromatic heterocycles. The maximum absolute atomic E-state index is 13.3. The Morgan fingerprint density at radius 2 is 1.86 bits per heavy atom. The Hall–Kier alpha value is -1.44. The number of hydrogen-bond donors (Lipinski definition) is 0. The molecule has 3 aliphatic rings. The number of para-hydroxylation sites is 1. The number of likely N-dealkylation sites (tertiary alicyclic amines) is 1. The third-order valence-electron chi connectivity index (χ3n) is 6.27. The largest absolute Gasteiger partial charge is 0.373 e. The fourth-order valence-electron chi connectivity index (χ4n) is 5.07. The second-order valence-corrected chi connectivity index (χ2v) is 9.44. The van der Waals surface area contributed by atoms with Crippen LogP contribution in [0.25, 0.3) is 0 Å². The zero-order valence-electron chi connectivity index (χ0n) is 17.2. The summed E-state index contributed by atoms with van der Waals surface area (Å²) in [5.41, 5.74) is 0.849. The van der Waals surface area contributed by atoms with E-state index in [1.807, 2.05) is 29.2 Å². The van der Waals surface area contributed by atoms with Crippen LogP contribution in [0.1, 0.15) is 33.1 Å². The van der Waals surface area contributed by atoms with Crippen molar-refractivity contribution >= 4 is 33.4 Å². The van der Waals surface area contributed by atoms with Gasteiger partial charge in [-0.2, -0.15) is 0 Å². The molecule has 3 aliphatic heterocycles. The van der Waals surface area contributed by atoms with Crippen LogP contribution >= 0.6 is 15.9 Å². The van der Waals surface area contributed by atoms with Crippen molar-refractivity contribution < 1.29 is 14.3 Å². The average Bonchev–Trinajstić information content (AvgIpc) is 3.27. The number of hydrogen-bond acceptors (Lipinski definition) is 4. The van der Waals surface area contributed by atoms with E-state index in [1.54, 1.807) is 4.90 Å². The van der Waals surface area contributed by atoms with Crippen molar-refractivity contribution in [3.8, 4) is 0 Å². The second-order valence-electron chi connectivity index (χ2n) is 8.59. The minimum Gasteiger partial charge on any atom is -0.373 e. The topological polar surface area (TPSA) is 53.1 Å². The lowest BCUT2D eigenvalue weighted by Gasteiger charge is -2.38. The SMILES string of the molecule is CC1CN(CC2CCCN2C(=O)C2CCN(c3ccccc3Br)C2=O)CC(C)O1. The molecule has 2 amide bonds. The third-order valence-corrected chi connectivity index (χ3v) is 6.94. The summed E-state index contributed by atoms with van der Waals surface area (Å²) in [6.07, 6.45) is 3.06. The van der Waals surface area contributed by atoms with Gasteiger partial charge < -0.3 is 14.5 Å². The number of benzene rings is 1. The van der Waals surface area contributed by atoms with Crippen molar-refractivity contribution in [2.45, 2.75) is 51.4 Å². The van der Waals surface area contributed by atoms with Gasteiger partial charge >= 0.3 is 0 Å². The van der Waals surface area contributed by atoms with Gasteiger partial charge in [-0.3, -0.25) is 14.5 Å². The van der Waals surface area contributed by atoms with E-state index in [4.69, 9.17) is 4.74 Å². The first kappa shape index (κ1) is 20.8. The van der Waals surface area contributed by atoms with Gasteiger partial charge in [0, 0.05) is 43.2 Å². The zero-order valence-corrected chi connectivity index (χ0v) is 18.8. The summed E-state index contributed by atoms with van der Waals surface area (Å²) in [6, 6.07) is 7.90. The molecule has 1 aromatic rings. The Balaban J connectivity index is 1.42. The number of amides is 2. The minimum absolute atomic E-state index is 0.0152. The molecule has 3 saturated heterocycles. The summed E-state index contributed by atoms with van der Waals surface area (Å²) >= 11 is 3.53. The molecule has 29 heavy (non-hydrogen) atoms. The van der Waals surface area contributed by atoms with E-state index in [-0.39, 0.29) is 30.1 Å². The lowest BCUT2D eigenvalue weighted by Crippen LogP contribution is -2.52. The van der Waals surface area contributed by atoms with E-state index in [0.29, 0.717) is 13.0 Å². The number of carbonyl (C=O) groups is 2. The summed E-state index contributed by atoms with van der Waals surface area (Å²) in [5, 5.41) is 0. The number of anilines is 1. The molecule has 6 nitrogen and oxygen atoms in total. The molecule has 0 aliphatic carbocycles. The van der Waals surface area contributed by atoms with Gasteiger partial charge in [-0.15, -0.1) is 0 Å². The molecule has 4 atom stereocenters. The van der Waals surface area contributed by atoms with Crippen LogP contribution in [0.5, 0.6) is 0 Å². The van der Waals surface area contributed by atoms with Gasteiger partial charge in [-0.1, -0.05) is 12.1 Å². The summed E-state index contributed by atoms with van der Waals surface area (Å²) < 4.78 is 6.72. The van der Waals surface area contributed by atoms with Gasteiger partial charge in [-0.05, 0) is 61.2 Å². The monoisotopic (exact) mass is 463 g/mol. The molecule has 0 N–H and O–H groups in total. The molecule has 7 heteroatoms. The standard InChI is InChI=1S/C22H30BrN3O3/c1-15-12-24(13-16(2)29-15)14-17-6-5-10-25(17)21(27)18-9-11-26(22(18)28)20-8-4-3-7-19(20)23/h3-4,7-8,15-18H,5-6,9-14H2,1-2H3. The number of halogens is 1. The van der Waals surface area contributed by atoms with Crippen LogP contribution in [0.2, 0.25) is 0 Å². The van der Waals surface area contributed by atoms with Crippen molar-refractivity contribution in [1.29, 1.82) is 0 Å². The molecule has 1 aromatic carbocycles. The lowest BCUT2D eigenvalue weighted by molar-refractivity contribution is -0.141. The van der Waals surface area contributed by atoms with Gasteiger partial charge in [0.2, 0.25) is 11.8 Å². The normalized spacial score (nSPS) is 30.9. The Kier molecular flexibility index (Phi) is 6.27. The van der Waals surface area contributed by atoms with Crippen LogP contribution in [0.4, 0.5) is 5.69 Å². The Bertz CT molecular complexity index is 763. The van der Waals surface area contributed by atoms with E-state index in [9.17, 15) is 9.59 Å². The van der Waals surface area contributed by atoms with Crippen LogP contribution in [0.3, 0.4) is 0 Å². The van der Waals surface area contributed by atoms with E-state index in [2.05, 4.69) is 34.7 Å². The molecule has 3 fully saturated rings. The first-order valence-electron chi connectivity index (χ1n) is 10.7. The van der Waals surface area contributed by atoms with Crippen LogP contribution in [0.15, 0.2) is 28.7 Å². The van der Waals surface area contributed by atoms with Gasteiger partial charge in [0.1, 0.15) is 5.92 Å². The summed E-state index contributed by atoms with van der Waals surface area (Å²) in [5.74, 6) is -0.604. The second kappa shape index (κ2) is 8.74. The summed E-state index contributed by atoms with van der Waals surface area (Å²) in [6.45, 7) is 8.24. The van der Waals surface area contributed by atoms with Crippen LogP contribution in [-0.2, 0) is 14.3 Å². The van der Waals surface area contributed by atoms with Gasteiger partial charge in [-0.25, -0.2) is 0 Å². The predicted molar refractivity (Wildman–Crippen MR) is 116 cm³/mol. The van der Waals surface area contributed by atoms with Gasteiger partial charge in [0.25, 0.3) is 0 Å².